The zero-order chi connectivity index (χ0) is 13.5. The van der Waals surface area contributed by atoms with Gasteiger partial charge in [0.1, 0.15) is 5.54 Å². The molecule has 0 fully saturated rings. The molecule has 0 saturated heterocycles. The Morgan fingerprint density at radius 3 is 2.47 bits per heavy atom. The van der Waals surface area contributed by atoms with Crippen molar-refractivity contribution in [3.8, 4) is 0 Å². The molecule has 0 aliphatic heterocycles. The molecule has 0 heterocycles. The van der Waals surface area contributed by atoms with E-state index in [1.165, 1.54) is 7.11 Å². The Balaban J connectivity index is 4.52. The fourth-order valence-corrected chi connectivity index (χ4v) is 2.08. The lowest BCUT2D eigenvalue weighted by Crippen LogP contribution is -2.58. The Morgan fingerprint density at radius 2 is 2.06 bits per heavy atom. The molecule has 1 unspecified atom stereocenters. The molecule has 1 atom stereocenters. The van der Waals surface area contributed by atoms with Crippen LogP contribution in [-0.2, 0) is 9.53 Å². The normalized spacial score (nSPS) is 15.1. The molecule has 0 aromatic carbocycles. The molecule has 1 N–H and O–H groups in total. The summed E-state index contributed by atoms with van der Waals surface area (Å²) in [5.41, 5.74) is -0.634. The standard InChI is InChI=1S/C13H28N2O2/c1-7-8-9-15(5)10-13(4,12(16)17-6)14-11(2)3/h11,14H,7-10H2,1-6H3. The number of nitrogens with one attached hydrogen (secondary N) is 1. The van der Waals surface area contributed by atoms with Crippen molar-refractivity contribution in [2.45, 2.75) is 52.1 Å². The number of esters is 1. The largest absolute Gasteiger partial charge is 0.468 e. The van der Waals surface area contributed by atoms with Gasteiger partial charge in [0.05, 0.1) is 7.11 Å². The van der Waals surface area contributed by atoms with Crippen molar-refractivity contribution >= 4 is 5.97 Å². The van der Waals surface area contributed by atoms with Crippen LogP contribution in [0.5, 0.6) is 0 Å². The number of unbranched alkanes of at least 4 members (excludes halogenated alkanes) is 1. The molecular weight excluding hydrogens is 216 g/mol. The molecule has 0 amide bonds. The Bertz CT molecular complexity index is 231. The van der Waals surface area contributed by atoms with Gasteiger partial charge < -0.3 is 9.64 Å². The van der Waals surface area contributed by atoms with Gasteiger partial charge in [-0.25, -0.2) is 0 Å². The van der Waals surface area contributed by atoms with Crippen LogP contribution in [0, 0.1) is 0 Å². The van der Waals surface area contributed by atoms with Crippen LogP contribution in [-0.4, -0.2) is 49.7 Å². The van der Waals surface area contributed by atoms with E-state index in [0.717, 1.165) is 19.4 Å². The van der Waals surface area contributed by atoms with Crippen molar-refractivity contribution < 1.29 is 9.53 Å². The third-order valence-electron chi connectivity index (χ3n) is 2.72. The Kier molecular flexibility index (Phi) is 7.39. The van der Waals surface area contributed by atoms with Crippen LogP contribution in [0.1, 0.15) is 40.5 Å². The number of hydrogen-bond donors (Lipinski definition) is 1. The molecule has 4 heteroatoms. The van der Waals surface area contributed by atoms with E-state index in [1.54, 1.807) is 0 Å². The minimum absolute atomic E-state index is 0.199. The Hall–Kier alpha value is -0.610. The highest BCUT2D eigenvalue weighted by molar-refractivity contribution is 5.80. The summed E-state index contributed by atoms with van der Waals surface area (Å²) in [5.74, 6) is -0.199. The maximum absolute atomic E-state index is 11.9. The Morgan fingerprint density at radius 1 is 1.47 bits per heavy atom. The highest BCUT2D eigenvalue weighted by atomic mass is 16.5. The van der Waals surface area contributed by atoms with Crippen LogP contribution in [0.2, 0.25) is 0 Å². The van der Waals surface area contributed by atoms with Gasteiger partial charge in [0, 0.05) is 12.6 Å². The maximum atomic E-state index is 11.9. The van der Waals surface area contributed by atoms with Crippen molar-refractivity contribution in [3.63, 3.8) is 0 Å². The summed E-state index contributed by atoms with van der Waals surface area (Å²) >= 11 is 0. The van der Waals surface area contributed by atoms with Crippen LogP contribution in [0.15, 0.2) is 0 Å². The second-order valence-electron chi connectivity index (χ2n) is 5.21. The summed E-state index contributed by atoms with van der Waals surface area (Å²) in [5, 5.41) is 3.30. The van der Waals surface area contributed by atoms with Crippen LogP contribution in [0.25, 0.3) is 0 Å². The van der Waals surface area contributed by atoms with Crippen molar-refractivity contribution in [3.05, 3.63) is 0 Å². The molecule has 4 nitrogen and oxygen atoms in total. The molecular formula is C13H28N2O2. The minimum Gasteiger partial charge on any atom is -0.468 e. The summed E-state index contributed by atoms with van der Waals surface area (Å²) in [6.07, 6.45) is 2.31. The van der Waals surface area contributed by atoms with E-state index in [9.17, 15) is 4.79 Å². The van der Waals surface area contributed by atoms with Gasteiger partial charge in [0.15, 0.2) is 0 Å². The van der Waals surface area contributed by atoms with E-state index in [2.05, 4.69) is 17.1 Å². The number of hydrogen-bond acceptors (Lipinski definition) is 4. The van der Waals surface area contributed by atoms with E-state index in [4.69, 9.17) is 4.74 Å². The maximum Gasteiger partial charge on any atom is 0.327 e. The fourth-order valence-electron chi connectivity index (χ4n) is 2.08. The van der Waals surface area contributed by atoms with Crippen molar-refractivity contribution in [2.75, 3.05) is 27.2 Å². The van der Waals surface area contributed by atoms with Gasteiger partial charge in [-0.15, -0.1) is 0 Å². The van der Waals surface area contributed by atoms with E-state index >= 15 is 0 Å². The molecule has 0 aromatic rings. The number of nitrogens with zero attached hydrogens (tertiary/aromatic N) is 1. The van der Waals surface area contributed by atoms with Crippen LogP contribution < -0.4 is 5.32 Å². The number of rotatable bonds is 8. The lowest BCUT2D eigenvalue weighted by Gasteiger charge is -2.34. The van der Waals surface area contributed by atoms with Gasteiger partial charge in [-0.3, -0.25) is 10.1 Å². The smallest absolute Gasteiger partial charge is 0.327 e. The first-order valence-corrected chi connectivity index (χ1v) is 6.40. The lowest BCUT2D eigenvalue weighted by atomic mass is 10.0. The minimum atomic E-state index is -0.634. The monoisotopic (exact) mass is 244 g/mol. The summed E-state index contributed by atoms with van der Waals surface area (Å²) in [6.45, 7) is 9.81. The van der Waals surface area contributed by atoms with E-state index in [0.29, 0.717) is 6.54 Å². The predicted octanol–water partition coefficient (Wildman–Crippen LogP) is 1.65. The van der Waals surface area contributed by atoms with Gasteiger partial charge in [-0.05, 0) is 40.8 Å². The average molecular weight is 244 g/mol. The number of ether oxygens (including phenoxy) is 1. The molecule has 0 bridgehead atoms. The third-order valence-corrected chi connectivity index (χ3v) is 2.72. The van der Waals surface area contributed by atoms with Gasteiger partial charge in [-0.2, -0.15) is 0 Å². The SMILES string of the molecule is CCCCN(C)CC(C)(NC(C)C)C(=O)OC. The third kappa shape index (κ3) is 6.03. The van der Waals surface area contributed by atoms with Gasteiger partial charge >= 0.3 is 5.97 Å². The first kappa shape index (κ1) is 16.4. The first-order valence-electron chi connectivity index (χ1n) is 6.40. The van der Waals surface area contributed by atoms with Crippen molar-refractivity contribution in [1.82, 2.24) is 10.2 Å². The first-order chi connectivity index (χ1) is 7.85. The molecule has 0 radical (unpaired) electrons. The van der Waals surface area contributed by atoms with E-state index in [-0.39, 0.29) is 12.0 Å². The number of carbonyl (C=O) groups excluding carboxylic acids is 1. The summed E-state index contributed by atoms with van der Waals surface area (Å²) in [6, 6.07) is 0.249. The summed E-state index contributed by atoms with van der Waals surface area (Å²) in [4.78, 5) is 14.0. The zero-order valence-corrected chi connectivity index (χ0v) is 12.2. The Labute approximate surface area is 106 Å². The lowest BCUT2D eigenvalue weighted by molar-refractivity contribution is -0.149. The van der Waals surface area contributed by atoms with E-state index in [1.807, 2.05) is 27.8 Å². The van der Waals surface area contributed by atoms with E-state index < -0.39 is 5.54 Å². The zero-order valence-electron chi connectivity index (χ0n) is 12.2. The second-order valence-corrected chi connectivity index (χ2v) is 5.21. The van der Waals surface area contributed by atoms with Gasteiger partial charge in [0.25, 0.3) is 0 Å². The molecule has 17 heavy (non-hydrogen) atoms. The molecule has 0 aliphatic rings. The van der Waals surface area contributed by atoms with Crippen LogP contribution in [0.3, 0.4) is 0 Å². The van der Waals surface area contributed by atoms with Gasteiger partial charge in [0.2, 0.25) is 0 Å². The van der Waals surface area contributed by atoms with Crippen LogP contribution in [0.4, 0.5) is 0 Å². The molecule has 0 saturated carbocycles. The quantitative estimate of drug-likeness (QED) is 0.659. The highest BCUT2D eigenvalue weighted by Crippen LogP contribution is 2.10. The molecule has 0 rings (SSSR count). The highest BCUT2D eigenvalue weighted by Gasteiger charge is 2.35. The molecule has 0 aliphatic carbocycles. The molecule has 102 valence electrons. The van der Waals surface area contributed by atoms with Crippen LogP contribution >= 0.6 is 0 Å². The van der Waals surface area contributed by atoms with Gasteiger partial charge in [-0.1, -0.05) is 13.3 Å². The topological polar surface area (TPSA) is 41.6 Å². The number of carbonyl (C=O) groups is 1. The number of methoxy groups -OCH3 is 1. The molecule has 0 spiro atoms. The van der Waals surface area contributed by atoms with Crippen molar-refractivity contribution in [2.24, 2.45) is 0 Å². The predicted molar refractivity (Wildman–Crippen MR) is 71.1 cm³/mol. The summed E-state index contributed by atoms with van der Waals surface area (Å²) in [7, 11) is 3.48. The molecule has 0 aromatic heterocycles. The fraction of sp³-hybridized carbons (Fsp3) is 0.923. The number of likely N-dealkylation sites (N-methyl/N-ethyl adjacent to an activating group) is 1. The summed E-state index contributed by atoms with van der Waals surface area (Å²) < 4.78 is 4.89. The second kappa shape index (κ2) is 7.67. The average Bonchev–Trinajstić information content (AvgIpc) is 2.23. The van der Waals surface area contributed by atoms with Crippen molar-refractivity contribution in [1.29, 1.82) is 0 Å².